The number of carbonyl (C=O) groups is 2. The van der Waals surface area contributed by atoms with E-state index < -0.39 is 0 Å². The molecule has 6 nitrogen and oxygen atoms in total. The number of nitrogens with one attached hydrogen (secondary N) is 2. The fourth-order valence-corrected chi connectivity index (χ4v) is 3.11. The van der Waals surface area contributed by atoms with Crippen molar-refractivity contribution in [1.29, 1.82) is 0 Å². The zero-order valence-electron chi connectivity index (χ0n) is 15.2. The summed E-state index contributed by atoms with van der Waals surface area (Å²) in [7, 11) is 0. The van der Waals surface area contributed by atoms with E-state index in [1.54, 1.807) is 12.1 Å². The molecule has 0 bridgehead atoms. The lowest BCUT2D eigenvalue weighted by atomic mass is 10.3. The number of nitrogens with zero attached hydrogens (tertiary/aromatic N) is 2. The monoisotopic (exact) mass is 436 g/mol. The topological polar surface area (TPSA) is 64.7 Å². The van der Waals surface area contributed by atoms with E-state index >= 15 is 0 Å². The number of hydrogen-bond acceptors (Lipinski definition) is 4. The Morgan fingerprint density at radius 3 is 2.37 bits per heavy atom. The fraction of sp³-hybridized carbons (Fsp3) is 0.556. The molecule has 0 radical (unpaired) electrons. The highest BCUT2D eigenvalue weighted by Gasteiger charge is 2.24. The van der Waals surface area contributed by atoms with Crippen LogP contribution in [0.15, 0.2) is 24.3 Å². The van der Waals surface area contributed by atoms with Gasteiger partial charge in [-0.15, -0.1) is 24.8 Å². The molecule has 1 aliphatic heterocycles. The van der Waals surface area contributed by atoms with Gasteiger partial charge in [-0.25, -0.2) is 0 Å². The zero-order chi connectivity index (χ0) is 17.6. The third-order valence-electron chi connectivity index (χ3n) is 4.65. The molecule has 0 aromatic heterocycles. The third kappa shape index (κ3) is 7.84. The summed E-state index contributed by atoms with van der Waals surface area (Å²) in [6, 6.07) is 7.20. The Morgan fingerprint density at radius 2 is 1.74 bits per heavy atom. The Kier molecular flexibility index (Phi) is 10.4. The highest BCUT2D eigenvalue weighted by molar-refractivity contribution is 6.33. The second-order valence-electron chi connectivity index (χ2n) is 6.76. The summed E-state index contributed by atoms with van der Waals surface area (Å²) >= 11 is 6.05. The fourth-order valence-electron chi connectivity index (χ4n) is 2.93. The molecule has 1 heterocycles. The van der Waals surface area contributed by atoms with Gasteiger partial charge in [0.05, 0.1) is 23.8 Å². The summed E-state index contributed by atoms with van der Waals surface area (Å²) in [5, 5.41) is 6.60. The second-order valence-corrected chi connectivity index (χ2v) is 7.17. The molecule has 3 rings (SSSR count). The number of hydrogen-bond donors (Lipinski definition) is 2. The number of anilines is 1. The van der Waals surface area contributed by atoms with Gasteiger partial charge in [-0.1, -0.05) is 23.7 Å². The first-order valence-electron chi connectivity index (χ1n) is 8.87. The first-order chi connectivity index (χ1) is 12.1. The Morgan fingerprint density at radius 1 is 1.07 bits per heavy atom. The predicted octanol–water partition coefficient (Wildman–Crippen LogP) is 2.27. The van der Waals surface area contributed by atoms with Crippen molar-refractivity contribution < 1.29 is 9.59 Å². The molecule has 0 spiro atoms. The van der Waals surface area contributed by atoms with E-state index in [0.717, 1.165) is 12.5 Å². The standard InChI is InChI=1S/C18H25ClN4O2.2ClH/c19-15-3-1-2-4-16(15)21-17(24)13-22-7-9-23(10-8-22)18(25)12-20-11-14-5-6-14;;/h1-4,14,20H,5-13H2,(H,21,24);2*1H. The van der Waals surface area contributed by atoms with Crippen molar-refractivity contribution in [3.05, 3.63) is 29.3 Å². The molecular formula is C18H27Cl3N4O2. The van der Waals surface area contributed by atoms with Crippen molar-refractivity contribution in [3.8, 4) is 0 Å². The molecule has 27 heavy (non-hydrogen) atoms. The van der Waals surface area contributed by atoms with Crippen LogP contribution in [0.4, 0.5) is 5.69 Å². The smallest absolute Gasteiger partial charge is 0.238 e. The molecule has 1 saturated heterocycles. The first kappa shape index (κ1) is 24.0. The van der Waals surface area contributed by atoms with Crippen molar-refractivity contribution in [2.45, 2.75) is 12.8 Å². The van der Waals surface area contributed by atoms with Crippen LogP contribution in [0.2, 0.25) is 5.02 Å². The van der Waals surface area contributed by atoms with E-state index in [1.807, 2.05) is 17.0 Å². The van der Waals surface area contributed by atoms with Gasteiger partial charge >= 0.3 is 0 Å². The highest BCUT2D eigenvalue weighted by Crippen LogP contribution is 2.27. The lowest BCUT2D eigenvalue weighted by molar-refractivity contribution is -0.132. The van der Waals surface area contributed by atoms with Gasteiger partial charge in [-0.05, 0) is 37.4 Å². The number of piperazine rings is 1. The normalized spacial score (nSPS) is 16.9. The average Bonchev–Trinajstić information content (AvgIpc) is 3.42. The van der Waals surface area contributed by atoms with E-state index in [4.69, 9.17) is 11.6 Å². The molecule has 9 heteroatoms. The summed E-state index contributed by atoms with van der Waals surface area (Å²) in [4.78, 5) is 28.3. The molecular weight excluding hydrogens is 411 g/mol. The van der Waals surface area contributed by atoms with Gasteiger partial charge in [-0.3, -0.25) is 14.5 Å². The van der Waals surface area contributed by atoms with Gasteiger partial charge in [0.2, 0.25) is 11.8 Å². The molecule has 0 atom stereocenters. The molecule has 2 N–H and O–H groups in total. The van der Waals surface area contributed by atoms with Crippen molar-refractivity contribution in [2.24, 2.45) is 5.92 Å². The summed E-state index contributed by atoms with van der Waals surface area (Å²) in [5.74, 6) is 0.848. The molecule has 1 aliphatic carbocycles. The number of benzene rings is 1. The Bertz CT molecular complexity index is 620. The molecule has 2 fully saturated rings. The van der Waals surface area contributed by atoms with Crippen LogP contribution in [0.5, 0.6) is 0 Å². The van der Waals surface area contributed by atoms with Crippen LogP contribution in [0.1, 0.15) is 12.8 Å². The first-order valence-corrected chi connectivity index (χ1v) is 9.25. The quantitative estimate of drug-likeness (QED) is 0.687. The van der Waals surface area contributed by atoms with Gasteiger partial charge in [-0.2, -0.15) is 0 Å². The molecule has 1 saturated carbocycles. The van der Waals surface area contributed by atoms with E-state index in [9.17, 15) is 9.59 Å². The van der Waals surface area contributed by atoms with E-state index in [0.29, 0.717) is 50.0 Å². The van der Waals surface area contributed by atoms with E-state index in [-0.39, 0.29) is 36.6 Å². The van der Waals surface area contributed by atoms with Crippen LogP contribution < -0.4 is 10.6 Å². The minimum absolute atomic E-state index is 0. The van der Waals surface area contributed by atoms with Crippen LogP contribution in [-0.2, 0) is 9.59 Å². The number of amides is 2. The molecule has 1 aromatic carbocycles. The number of rotatable bonds is 7. The summed E-state index contributed by atoms with van der Waals surface area (Å²) in [5.41, 5.74) is 0.629. The number of carbonyl (C=O) groups excluding carboxylic acids is 2. The molecule has 2 aliphatic rings. The summed E-state index contributed by atoms with van der Waals surface area (Å²) in [6.07, 6.45) is 2.58. The van der Waals surface area contributed by atoms with Gasteiger partial charge in [0.25, 0.3) is 0 Å². The van der Waals surface area contributed by atoms with Crippen molar-refractivity contribution >= 4 is 53.9 Å². The predicted molar refractivity (Wildman–Crippen MR) is 113 cm³/mol. The zero-order valence-corrected chi connectivity index (χ0v) is 17.5. The lowest BCUT2D eigenvalue weighted by Gasteiger charge is -2.34. The van der Waals surface area contributed by atoms with E-state index in [1.165, 1.54) is 12.8 Å². The highest BCUT2D eigenvalue weighted by atomic mass is 35.5. The Balaban J connectivity index is 0.00000182. The van der Waals surface area contributed by atoms with Crippen molar-refractivity contribution in [2.75, 3.05) is 51.1 Å². The Hall–Kier alpha value is -1.05. The molecule has 1 aromatic rings. The van der Waals surface area contributed by atoms with Gasteiger partial charge in [0, 0.05) is 26.2 Å². The lowest BCUT2D eigenvalue weighted by Crippen LogP contribution is -2.52. The number of para-hydroxylation sites is 1. The van der Waals surface area contributed by atoms with Gasteiger partial charge < -0.3 is 15.5 Å². The SMILES string of the molecule is Cl.Cl.O=C(CN1CCN(C(=O)CNCC2CC2)CC1)Nc1ccccc1Cl. The minimum atomic E-state index is -0.0843. The number of halogens is 3. The van der Waals surface area contributed by atoms with Crippen LogP contribution in [0.3, 0.4) is 0 Å². The van der Waals surface area contributed by atoms with Crippen molar-refractivity contribution in [3.63, 3.8) is 0 Å². The maximum absolute atomic E-state index is 12.2. The minimum Gasteiger partial charge on any atom is -0.339 e. The van der Waals surface area contributed by atoms with Crippen LogP contribution in [0, 0.1) is 5.92 Å². The largest absolute Gasteiger partial charge is 0.339 e. The Labute approximate surface area is 177 Å². The van der Waals surface area contributed by atoms with Crippen LogP contribution in [0.25, 0.3) is 0 Å². The van der Waals surface area contributed by atoms with Crippen LogP contribution >= 0.6 is 36.4 Å². The maximum atomic E-state index is 12.2. The molecule has 2 amide bonds. The second kappa shape index (κ2) is 11.7. The maximum Gasteiger partial charge on any atom is 0.238 e. The van der Waals surface area contributed by atoms with Gasteiger partial charge in [0.1, 0.15) is 0 Å². The third-order valence-corrected chi connectivity index (χ3v) is 4.98. The molecule has 0 unspecified atom stereocenters. The summed E-state index contributed by atoms with van der Waals surface area (Å²) < 4.78 is 0. The molecule has 152 valence electrons. The van der Waals surface area contributed by atoms with Crippen LogP contribution in [-0.4, -0.2) is 67.4 Å². The summed E-state index contributed by atoms with van der Waals surface area (Å²) in [6.45, 7) is 4.45. The van der Waals surface area contributed by atoms with Crippen molar-refractivity contribution in [1.82, 2.24) is 15.1 Å². The average molecular weight is 438 g/mol. The van der Waals surface area contributed by atoms with E-state index in [2.05, 4.69) is 15.5 Å². The van der Waals surface area contributed by atoms with Gasteiger partial charge in [0.15, 0.2) is 0 Å².